The Kier molecular flexibility index (Phi) is 7.39. The molecule has 0 radical (unpaired) electrons. The van der Waals surface area contributed by atoms with E-state index < -0.39 is 5.97 Å². The van der Waals surface area contributed by atoms with Gasteiger partial charge in [0.15, 0.2) is 6.61 Å². The number of aliphatic hydroxyl groups is 1. The van der Waals surface area contributed by atoms with Crippen molar-refractivity contribution in [2.24, 2.45) is 0 Å². The number of aryl methyl sites for hydroxylation is 1. The summed E-state index contributed by atoms with van der Waals surface area (Å²) >= 11 is 0. The molecule has 1 rings (SSSR count). The highest BCUT2D eigenvalue weighted by atomic mass is 16.5. The first kappa shape index (κ1) is 18.0. The average molecular weight is 309 g/mol. The molecule has 0 unspecified atom stereocenters. The molecule has 0 saturated carbocycles. The van der Waals surface area contributed by atoms with Crippen molar-refractivity contribution < 1.29 is 24.2 Å². The van der Waals surface area contributed by atoms with E-state index in [1.54, 1.807) is 6.07 Å². The molecule has 0 aliphatic heterocycles. The van der Waals surface area contributed by atoms with Gasteiger partial charge in [-0.15, -0.1) is 0 Å². The van der Waals surface area contributed by atoms with Gasteiger partial charge in [0.1, 0.15) is 5.75 Å². The van der Waals surface area contributed by atoms with Crippen molar-refractivity contribution in [3.63, 3.8) is 0 Å². The summed E-state index contributed by atoms with van der Waals surface area (Å²) in [5.74, 6) is -0.0182. The van der Waals surface area contributed by atoms with Crippen molar-refractivity contribution in [2.45, 2.75) is 20.3 Å². The van der Waals surface area contributed by atoms with E-state index in [2.05, 4.69) is 4.74 Å². The molecule has 122 valence electrons. The van der Waals surface area contributed by atoms with Crippen molar-refractivity contribution in [1.29, 1.82) is 0 Å². The summed E-state index contributed by atoms with van der Waals surface area (Å²) in [7, 11) is 1.30. The number of aliphatic hydroxyl groups excluding tert-OH is 1. The molecule has 0 bridgehead atoms. The number of carbonyl (C=O) groups excluding carboxylic acids is 2. The quantitative estimate of drug-likeness (QED) is 0.727. The van der Waals surface area contributed by atoms with E-state index in [4.69, 9.17) is 9.84 Å². The molecule has 0 atom stereocenters. The third-order valence-corrected chi connectivity index (χ3v) is 3.44. The fourth-order valence-electron chi connectivity index (χ4n) is 1.92. The van der Waals surface area contributed by atoms with Gasteiger partial charge < -0.3 is 19.5 Å². The van der Waals surface area contributed by atoms with Gasteiger partial charge in [-0.05, 0) is 31.0 Å². The first-order valence-electron chi connectivity index (χ1n) is 7.14. The number of esters is 1. The maximum absolute atomic E-state index is 12.1. The zero-order valence-electron chi connectivity index (χ0n) is 13.3. The molecule has 0 aliphatic rings. The van der Waals surface area contributed by atoms with E-state index >= 15 is 0 Å². The minimum Gasteiger partial charge on any atom is -0.483 e. The molecule has 0 saturated heterocycles. The SMILES string of the molecule is COC(=O)CCN(CCO)C(=O)COc1cccc(C)c1C. The molecular formula is C16H23NO5. The Labute approximate surface area is 130 Å². The maximum atomic E-state index is 12.1. The summed E-state index contributed by atoms with van der Waals surface area (Å²) in [6, 6.07) is 5.64. The summed E-state index contributed by atoms with van der Waals surface area (Å²) in [6.07, 6.45) is 0.0890. The van der Waals surface area contributed by atoms with Crippen molar-refractivity contribution in [1.82, 2.24) is 4.90 Å². The lowest BCUT2D eigenvalue weighted by Gasteiger charge is -2.21. The number of rotatable bonds is 8. The Morgan fingerprint density at radius 2 is 1.95 bits per heavy atom. The predicted octanol–water partition coefficient (Wildman–Crippen LogP) is 1.07. The monoisotopic (exact) mass is 309 g/mol. The summed E-state index contributed by atoms with van der Waals surface area (Å²) in [5.41, 5.74) is 2.07. The number of hydrogen-bond acceptors (Lipinski definition) is 5. The first-order chi connectivity index (χ1) is 10.5. The number of amides is 1. The van der Waals surface area contributed by atoms with Crippen LogP contribution < -0.4 is 4.74 Å². The van der Waals surface area contributed by atoms with Crippen LogP contribution in [0.15, 0.2) is 18.2 Å². The number of hydrogen-bond donors (Lipinski definition) is 1. The fourth-order valence-corrected chi connectivity index (χ4v) is 1.92. The fraction of sp³-hybridized carbons (Fsp3) is 0.500. The molecule has 1 N–H and O–H groups in total. The van der Waals surface area contributed by atoms with Gasteiger partial charge in [-0.3, -0.25) is 9.59 Å². The van der Waals surface area contributed by atoms with E-state index in [0.717, 1.165) is 11.1 Å². The van der Waals surface area contributed by atoms with E-state index in [0.29, 0.717) is 5.75 Å². The molecule has 0 aliphatic carbocycles. The van der Waals surface area contributed by atoms with Gasteiger partial charge in [0.2, 0.25) is 0 Å². The Bertz CT molecular complexity index is 515. The molecular weight excluding hydrogens is 286 g/mol. The number of ether oxygens (including phenoxy) is 2. The molecule has 0 heterocycles. The minimum absolute atomic E-state index is 0.0890. The molecule has 0 fully saturated rings. The molecule has 0 spiro atoms. The van der Waals surface area contributed by atoms with Crippen LogP contribution in [0, 0.1) is 13.8 Å². The van der Waals surface area contributed by atoms with Crippen LogP contribution >= 0.6 is 0 Å². The lowest BCUT2D eigenvalue weighted by molar-refractivity contribution is -0.142. The number of benzene rings is 1. The van der Waals surface area contributed by atoms with E-state index in [-0.39, 0.29) is 38.6 Å². The third-order valence-electron chi connectivity index (χ3n) is 3.44. The second kappa shape index (κ2) is 9.04. The lowest BCUT2D eigenvalue weighted by Crippen LogP contribution is -2.38. The Morgan fingerprint density at radius 3 is 2.59 bits per heavy atom. The molecule has 6 heteroatoms. The summed E-state index contributed by atoms with van der Waals surface area (Å²) in [4.78, 5) is 24.7. The van der Waals surface area contributed by atoms with Crippen LogP contribution in [-0.4, -0.2) is 55.3 Å². The summed E-state index contributed by atoms with van der Waals surface area (Å²) in [6.45, 7) is 3.95. The Hall–Kier alpha value is -2.08. The Balaban J connectivity index is 2.59. The van der Waals surface area contributed by atoms with E-state index in [1.807, 2.05) is 26.0 Å². The van der Waals surface area contributed by atoms with Crippen molar-refractivity contribution in [2.75, 3.05) is 33.4 Å². The minimum atomic E-state index is -0.397. The smallest absolute Gasteiger partial charge is 0.307 e. The van der Waals surface area contributed by atoms with Gasteiger partial charge in [0, 0.05) is 13.1 Å². The zero-order chi connectivity index (χ0) is 16.5. The topological polar surface area (TPSA) is 76.1 Å². The van der Waals surface area contributed by atoms with Gasteiger partial charge in [0.05, 0.1) is 20.1 Å². The van der Waals surface area contributed by atoms with Crippen LogP contribution in [0.3, 0.4) is 0 Å². The number of carbonyl (C=O) groups is 2. The zero-order valence-corrected chi connectivity index (χ0v) is 13.3. The lowest BCUT2D eigenvalue weighted by atomic mass is 10.1. The summed E-state index contributed by atoms with van der Waals surface area (Å²) in [5, 5.41) is 9.02. The van der Waals surface area contributed by atoms with Gasteiger partial charge in [-0.1, -0.05) is 12.1 Å². The van der Waals surface area contributed by atoms with Gasteiger partial charge >= 0.3 is 5.97 Å². The molecule has 22 heavy (non-hydrogen) atoms. The largest absolute Gasteiger partial charge is 0.483 e. The van der Waals surface area contributed by atoms with Crippen LogP contribution in [-0.2, 0) is 14.3 Å². The van der Waals surface area contributed by atoms with Crippen molar-refractivity contribution >= 4 is 11.9 Å². The van der Waals surface area contributed by atoms with Crippen LogP contribution in [0.5, 0.6) is 5.75 Å². The van der Waals surface area contributed by atoms with Crippen LogP contribution in [0.25, 0.3) is 0 Å². The van der Waals surface area contributed by atoms with Crippen LogP contribution in [0.1, 0.15) is 17.5 Å². The average Bonchev–Trinajstić information content (AvgIpc) is 2.52. The van der Waals surface area contributed by atoms with Crippen molar-refractivity contribution in [3.8, 4) is 5.75 Å². The number of methoxy groups -OCH3 is 1. The third kappa shape index (κ3) is 5.37. The molecule has 6 nitrogen and oxygen atoms in total. The maximum Gasteiger partial charge on any atom is 0.307 e. The predicted molar refractivity (Wildman–Crippen MR) is 81.7 cm³/mol. The van der Waals surface area contributed by atoms with Gasteiger partial charge in [0.25, 0.3) is 5.91 Å². The van der Waals surface area contributed by atoms with Gasteiger partial charge in [-0.2, -0.15) is 0 Å². The highest BCUT2D eigenvalue weighted by molar-refractivity contribution is 5.78. The highest BCUT2D eigenvalue weighted by Crippen LogP contribution is 2.20. The highest BCUT2D eigenvalue weighted by Gasteiger charge is 2.16. The van der Waals surface area contributed by atoms with Crippen LogP contribution in [0.2, 0.25) is 0 Å². The second-order valence-corrected chi connectivity index (χ2v) is 4.92. The van der Waals surface area contributed by atoms with Crippen molar-refractivity contribution in [3.05, 3.63) is 29.3 Å². The number of nitrogens with zero attached hydrogens (tertiary/aromatic N) is 1. The van der Waals surface area contributed by atoms with E-state index in [1.165, 1.54) is 12.0 Å². The first-order valence-corrected chi connectivity index (χ1v) is 7.14. The summed E-state index contributed by atoms with van der Waals surface area (Å²) < 4.78 is 10.1. The van der Waals surface area contributed by atoms with E-state index in [9.17, 15) is 9.59 Å². The molecule has 0 aromatic heterocycles. The normalized spacial score (nSPS) is 10.2. The molecule has 1 amide bonds. The standard InChI is InChI=1S/C16H23NO5/c1-12-5-4-6-14(13(12)2)22-11-15(19)17(9-10-18)8-7-16(20)21-3/h4-6,18H,7-11H2,1-3H3. The second-order valence-electron chi connectivity index (χ2n) is 4.92. The molecule has 1 aromatic carbocycles. The molecule has 1 aromatic rings. The van der Waals surface area contributed by atoms with Gasteiger partial charge in [-0.25, -0.2) is 0 Å². The Morgan fingerprint density at radius 1 is 1.23 bits per heavy atom. The van der Waals surface area contributed by atoms with Crippen LogP contribution in [0.4, 0.5) is 0 Å².